The van der Waals surface area contributed by atoms with Crippen molar-refractivity contribution in [1.82, 2.24) is 0 Å². The Labute approximate surface area is 261 Å². The van der Waals surface area contributed by atoms with Crippen molar-refractivity contribution in [2.45, 2.75) is 10.8 Å². The molecule has 0 amide bonds. The standard InChI is InChI=1S/C44H26O/c1-5-17-32-27(13-1)28-14-2-6-18-33(28)43(32)35-20-8-10-22-37(35)44(38-23-11-9-21-36(38)43)34-19-7-3-16-31(34)41-39(44)26-25-30-29-15-4-12-24-40(29)45-42(30)41/h1-26H. The lowest BCUT2D eigenvalue weighted by atomic mass is 9.52. The van der Waals surface area contributed by atoms with Gasteiger partial charge in [0.1, 0.15) is 11.2 Å². The lowest BCUT2D eigenvalue weighted by Crippen LogP contribution is -2.43. The van der Waals surface area contributed by atoms with E-state index >= 15 is 0 Å². The number of hydrogen-bond donors (Lipinski definition) is 0. The Morgan fingerprint density at radius 2 is 0.733 bits per heavy atom. The molecule has 0 atom stereocenters. The van der Waals surface area contributed by atoms with Crippen molar-refractivity contribution < 1.29 is 4.42 Å². The molecule has 0 unspecified atom stereocenters. The average molecular weight is 571 g/mol. The monoisotopic (exact) mass is 570 g/mol. The van der Waals surface area contributed by atoms with E-state index < -0.39 is 10.8 Å². The molecule has 8 aromatic rings. The van der Waals surface area contributed by atoms with Crippen LogP contribution >= 0.6 is 0 Å². The first-order chi connectivity index (χ1) is 22.3. The van der Waals surface area contributed by atoms with Gasteiger partial charge in [0.15, 0.2) is 0 Å². The van der Waals surface area contributed by atoms with Gasteiger partial charge in [-0.3, -0.25) is 0 Å². The molecule has 1 heteroatoms. The van der Waals surface area contributed by atoms with Gasteiger partial charge in [0.2, 0.25) is 0 Å². The highest BCUT2D eigenvalue weighted by Crippen LogP contribution is 2.67. The minimum atomic E-state index is -0.496. The smallest absolute Gasteiger partial charge is 0.143 e. The Hall–Kier alpha value is -5.66. The maximum atomic E-state index is 6.75. The van der Waals surface area contributed by atoms with Crippen LogP contribution in [0.1, 0.15) is 44.5 Å². The molecular weight excluding hydrogens is 544 g/mol. The third-order valence-corrected chi connectivity index (χ3v) is 11.0. The van der Waals surface area contributed by atoms with E-state index in [0.29, 0.717) is 0 Å². The van der Waals surface area contributed by atoms with Gasteiger partial charge in [-0.2, -0.15) is 0 Å². The highest BCUT2D eigenvalue weighted by Gasteiger charge is 2.59. The van der Waals surface area contributed by atoms with Gasteiger partial charge < -0.3 is 4.42 Å². The summed E-state index contributed by atoms with van der Waals surface area (Å²) < 4.78 is 6.75. The van der Waals surface area contributed by atoms with Crippen LogP contribution in [0, 0.1) is 0 Å². The summed E-state index contributed by atoms with van der Waals surface area (Å²) in [6, 6.07) is 58.7. The zero-order chi connectivity index (χ0) is 29.3. The molecule has 208 valence electrons. The number of hydrogen-bond acceptors (Lipinski definition) is 1. The van der Waals surface area contributed by atoms with E-state index in [0.717, 1.165) is 16.6 Å². The largest absolute Gasteiger partial charge is 0.455 e. The van der Waals surface area contributed by atoms with Crippen molar-refractivity contribution >= 4 is 21.9 Å². The molecule has 0 saturated heterocycles. The lowest BCUT2D eigenvalue weighted by molar-refractivity contribution is 0.631. The second kappa shape index (κ2) is 8.08. The van der Waals surface area contributed by atoms with Crippen molar-refractivity contribution in [1.29, 1.82) is 0 Å². The molecule has 1 nitrogen and oxygen atoms in total. The van der Waals surface area contributed by atoms with Gasteiger partial charge in [-0.1, -0.05) is 152 Å². The van der Waals surface area contributed by atoms with Gasteiger partial charge in [-0.05, 0) is 67.3 Å². The van der Waals surface area contributed by atoms with Gasteiger partial charge in [-0.15, -0.1) is 0 Å². The lowest BCUT2D eigenvalue weighted by Gasteiger charge is -2.48. The molecule has 1 aromatic heterocycles. The van der Waals surface area contributed by atoms with Gasteiger partial charge in [0.25, 0.3) is 0 Å². The van der Waals surface area contributed by atoms with E-state index in [2.05, 4.69) is 158 Å². The van der Waals surface area contributed by atoms with Crippen LogP contribution in [-0.4, -0.2) is 0 Å². The summed E-state index contributed by atoms with van der Waals surface area (Å²) in [7, 11) is 0. The van der Waals surface area contributed by atoms with E-state index in [1.54, 1.807) is 0 Å². The molecule has 1 heterocycles. The molecular formula is C44H26O. The van der Waals surface area contributed by atoms with Crippen LogP contribution in [0.15, 0.2) is 162 Å². The minimum absolute atomic E-state index is 0.424. The fourth-order valence-electron chi connectivity index (χ4n) is 9.50. The highest BCUT2D eigenvalue weighted by molar-refractivity contribution is 6.12. The predicted octanol–water partition coefficient (Wildman–Crippen LogP) is 10.6. The first-order valence-electron chi connectivity index (χ1n) is 15.8. The molecule has 0 fully saturated rings. The molecule has 0 saturated carbocycles. The Morgan fingerprint density at radius 1 is 0.311 bits per heavy atom. The second-order valence-electron chi connectivity index (χ2n) is 12.7. The van der Waals surface area contributed by atoms with Crippen LogP contribution in [-0.2, 0) is 10.8 Å². The second-order valence-corrected chi connectivity index (χ2v) is 12.7. The Kier molecular flexibility index (Phi) is 4.27. The molecule has 0 bridgehead atoms. The van der Waals surface area contributed by atoms with Crippen molar-refractivity contribution in [2.24, 2.45) is 0 Å². The maximum Gasteiger partial charge on any atom is 0.143 e. The van der Waals surface area contributed by atoms with Gasteiger partial charge >= 0.3 is 0 Å². The molecule has 3 aliphatic rings. The van der Waals surface area contributed by atoms with E-state index in [1.165, 1.54) is 72.1 Å². The molecule has 2 spiro atoms. The van der Waals surface area contributed by atoms with Crippen LogP contribution in [0.3, 0.4) is 0 Å². The number of fused-ring (bicyclic) bond motifs is 20. The van der Waals surface area contributed by atoms with Crippen LogP contribution in [0.25, 0.3) is 44.2 Å². The summed E-state index contributed by atoms with van der Waals surface area (Å²) in [6.07, 6.45) is 0. The first kappa shape index (κ1) is 23.8. The van der Waals surface area contributed by atoms with Crippen molar-refractivity contribution in [3.05, 3.63) is 202 Å². The van der Waals surface area contributed by atoms with E-state index in [-0.39, 0.29) is 0 Å². The van der Waals surface area contributed by atoms with Crippen LogP contribution in [0.4, 0.5) is 0 Å². The topological polar surface area (TPSA) is 13.1 Å². The Morgan fingerprint density at radius 3 is 1.31 bits per heavy atom. The molecule has 0 N–H and O–H groups in total. The molecule has 45 heavy (non-hydrogen) atoms. The van der Waals surface area contributed by atoms with Crippen molar-refractivity contribution in [2.75, 3.05) is 0 Å². The Bertz CT molecular complexity index is 2470. The maximum absolute atomic E-state index is 6.75. The molecule has 7 aromatic carbocycles. The normalized spacial score (nSPS) is 15.5. The molecule has 3 aliphatic carbocycles. The zero-order valence-corrected chi connectivity index (χ0v) is 24.4. The summed E-state index contributed by atoms with van der Waals surface area (Å²) in [5.74, 6) is 0. The third kappa shape index (κ3) is 2.53. The minimum Gasteiger partial charge on any atom is -0.455 e. The molecule has 0 aliphatic heterocycles. The zero-order valence-electron chi connectivity index (χ0n) is 24.4. The number of para-hydroxylation sites is 1. The average Bonchev–Trinajstić information content (AvgIpc) is 3.73. The highest BCUT2D eigenvalue weighted by atomic mass is 16.3. The summed E-state index contributed by atoms with van der Waals surface area (Å²) in [6.45, 7) is 0. The molecule has 11 rings (SSSR count). The fourth-order valence-corrected chi connectivity index (χ4v) is 9.50. The van der Waals surface area contributed by atoms with E-state index in [4.69, 9.17) is 4.42 Å². The fraction of sp³-hybridized carbons (Fsp3) is 0.0455. The van der Waals surface area contributed by atoms with Gasteiger partial charge in [-0.25, -0.2) is 0 Å². The summed E-state index contributed by atoms with van der Waals surface area (Å²) in [4.78, 5) is 0. The number of furan rings is 1. The van der Waals surface area contributed by atoms with E-state index in [9.17, 15) is 0 Å². The van der Waals surface area contributed by atoms with Crippen molar-refractivity contribution in [3.8, 4) is 22.3 Å². The van der Waals surface area contributed by atoms with Crippen LogP contribution in [0.2, 0.25) is 0 Å². The first-order valence-corrected chi connectivity index (χ1v) is 15.8. The number of rotatable bonds is 0. The molecule has 0 radical (unpaired) electrons. The van der Waals surface area contributed by atoms with Gasteiger partial charge in [0, 0.05) is 16.3 Å². The van der Waals surface area contributed by atoms with Crippen LogP contribution < -0.4 is 0 Å². The predicted molar refractivity (Wildman–Crippen MR) is 182 cm³/mol. The summed E-state index contributed by atoms with van der Waals surface area (Å²) in [5.41, 5.74) is 16.8. The quantitative estimate of drug-likeness (QED) is 0.177. The van der Waals surface area contributed by atoms with E-state index in [1.807, 2.05) is 0 Å². The third-order valence-electron chi connectivity index (χ3n) is 11.0. The summed E-state index contributed by atoms with van der Waals surface area (Å²) >= 11 is 0. The number of benzene rings is 7. The summed E-state index contributed by atoms with van der Waals surface area (Å²) in [5, 5.41) is 2.33. The SMILES string of the molecule is c1ccc2c(c1)-c1ccccc1C21c2ccccc2C2(c3ccccc3-c3c2ccc2c3oc3ccccc32)c2ccccc21. The van der Waals surface area contributed by atoms with Crippen molar-refractivity contribution in [3.63, 3.8) is 0 Å². The van der Waals surface area contributed by atoms with Crippen LogP contribution in [0.5, 0.6) is 0 Å². The van der Waals surface area contributed by atoms with Gasteiger partial charge in [0.05, 0.1) is 10.8 Å². The Balaban J connectivity index is 1.36.